The SMILES string of the molecule is C=CC(=O)Nc1ccc2cc(NC(=O)c3ccc(C)c(Nc4nccc(-c5cccnc5)n4)c3)ccc2c1. The molecule has 8 nitrogen and oxygen atoms in total. The molecular weight excluding hydrogens is 476 g/mol. The summed E-state index contributed by atoms with van der Waals surface area (Å²) >= 11 is 0. The molecule has 2 amide bonds. The van der Waals surface area contributed by atoms with Gasteiger partial charge < -0.3 is 16.0 Å². The molecule has 5 rings (SSSR count). The Morgan fingerprint density at radius 2 is 1.63 bits per heavy atom. The number of hydrogen-bond donors (Lipinski definition) is 3. The van der Waals surface area contributed by atoms with Crippen LogP contribution < -0.4 is 16.0 Å². The van der Waals surface area contributed by atoms with Gasteiger partial charge in [0.2, 0.25) is 11.9 Å². The maximum absolute atomic E-state index is 13.1. The smallest absolute Gasteiger partial charge is 0.255 e. The molecule has 0 saturated heterocycles. The summed E-state index contributed by atoms with van der Waals surface area (Å²) in [6.45, 7) is 5.41. The van der Waals surface area contributed by atoms with E-state index in [2.05, 4.69) is 37.5 Å². The Bertz CT molecular complexity index is 1670. The van der Waals surface area contributed by atoms with Crippen LogP contribution in [0.15, 0.2) is 104 Å². The first kappa shape index (κ1) is 24.3. The Kier molecular flexibility index (Phi) is 6.86. The van der Waals surface area contributed by atoms with E-state index in [0.717, 1.165) is 33.3 Å². The van der Waals surface area contributed by atoms with Gasteiger partial charge in [0.1, 0.15) is 0 Å². The predicted molar refractivity (Wildman–Crippen MR) is 150 cm³/mol. The predicted octanol–water partition coefficient (Wildman–Crippen LogP) is 6.12. The maximum Gasteiger partial charge on any atom is 0.255 e. The van der Waals surface area contributed by atoms with Crippen molar-refractivity contribution in [1.29, 1.82) is 0 Å². The number of hydrogen-bond acceptors (Lipinski definition) is 6. The van der Waals surface area contributed by atoms with E-state index in [0.29, 0.717) is 22.9 Å². The van der Waals surface area contributed by atoms with Gasteiger partial charge in [0.25, 0.3) is 5.91 Å². The van der Waals surface area contributed by atoms with Gasteiger partial charge >= 0.3 is 0 Å². The molecular formula is C30H24N6O2. The normalized spacial score (nSPS) is 10.6. The second kappa shape index (κ2) is 10.7. The van der Waals surface area contributed by atoms with Crippen LogP contribution in [-0.4, -0.2) is 26.8 Å². The van der Waals surface area contributed by atoms with Crippen molar-refractivity contribution in [3.63, 3.8) is 0 Å². The average Bonchev–Trinajstić information content (AvgIpc) is 2.95. The monoisotopic (exact) mass is 500 g/mol. The number of rotatable bonds is 7. The quantitative estimate of drug-likeness (QED) is 0.232. The van der Waals surface area contributed by atoms with Crippen LogP contribution in [0.2, 0.25) is 0 Å². The molecule has 3 N–H and O–H groups in total. The molecule has 0 aliphatic rings. The number of nitrogens with one attached hydrogen (secondary N) is 3. The number of nitrogens with zero attached hydrogens (tertiary/aromatic N) is 3. The van der Waals surface area contributed by atoms with E-state index in [9.17, 15) is 9.59 Å². The lowest BCUT2D eigenvalue weighted by Crippen LogP contribution is -2.12. The number of benzene rings is 3. The molecule has 5 aromatic rings. The van der Waals surface area contributed by atoms with Crippen molar-refractivity contribution in [2.75, 3.05) is 16.0 Å². The molecule has 0 aliphatic heterocycles. The van der Waals surface area contributed by atoms with Gasteiger partial charge in [-0.1, -0.05) is 24.8 Å². The van der Waals surface area contributed by atoms with Crippen LogP contribution in [0.25, 0.3) is 22.0 Å². The third-order valence-corrected chi connectivity index (χ3v) is 5.91. The average molecular weight is 501 g/mol. The number of carbonyl (C=O) groups is 2. The number of anilines is 4. The molecule has 0 bridgehead atoms. The van der Waals surface area contributed by atoms with E-state index in [1.165, 1.54) is 6.08 Å². The lowest BCUT2D eigenvalue weighted by Gasteiger charge is -2.12. The highest BCUT2D eigenvalue weighted by atomic mass is 16.2. The Hall–Kier alpha value is -5.37. The van der Waals surface area contributed by atoms with E-state index in [1.807, 2.05) is 61.5 Å². The van der Waals surface area contributed by atoms with Crippen molar-refractivity contribution >= 4 is 45.6 Å². The van der Waals surface area contributed by atoms with E-state index >= 15 is 0 Å². The molecule has 2 heterocycles. The number of pyridine rings is 1. The van der Waals surface area contributed by atoms with Gasteiger partial charge in [-0.3, -0.25) is 14.6 Å². The zero-order valence-corrected chi connectivity index (χ0v) is 20.6. The summed E-state index contributed by atoms with van der Waals surface area (Å²) in [5, 5.41) is 10.8. The fraction of sp³-hybridized carbons (Fsp3) is 0.0333. The van der Waals surface area contributed by atoms with Gasteiger partial charge in [-0.05, 0) is 83.9 Å². The van der Waals surface area contributed by atoms with Gasteiger partial charge in [-0.25, -0.2) is 9.97 Å². The van der Waals surface area contributed by atoms with Crippen LogP contribution in [0.1, 0.15) is 15.9 Å². The molecule has 0 atom stereocenters. The highest BCUT2D eigenvalue weighted by Crippen LogP contribution is 2.25. The minimum absolute atomic E-state index is 0.243. The van der Waals surface area contributed by atoms with E-state index in [4.69, 9.17) is 0 Å². The first-order chi connectivity index (χ1) is 18.5. The number of fused-ring (bicyclic) bond motifs is 1. The van der Waals surface area contributed by atoms with Gasteiger partial charge in [0.05, 0.1) is 5.69 Å². The van der Waals surface area contributed by atoms with Crippen LogP contribution in [0.4, 0.5) is 23.0 Å². The maximum atomic E-state index is 13.1. The van der Waals surface area contributed by atoms with Gasteiger partial charge in [-0.2, -0.15) is 0 Å². The highest BCUT2D eigenvalue weighted by molar-refractivity contribution is 6.06. The van der Waals surface area contributed by atoms with Crippen LogP contribution in [-0.2, 0) is 4.79 Å². The fourth-order valence-corrected chi connectivity index (χ4v) is 3.91. The summed E-state index contributed by atoms with van der Waals surface area (Å²) in [4.78, 5) is 37.7. The zero-order valence-electron chi connectivity index (χ0n) is 20.6. The summed E-state index contributed by atoms with van der Waals surface area (Å²) in [5.41, 5.74) is 5.13. The van der Waals surface area contributed by atoms with E-state index in [1.54, 1.807) is 36.8 Å². The largest absolute Gasteiger partial charge is 0.324 e. The van der Waals surface area contributed by atoms with Crippen molar-refractivity contribution in [3.8, 4) is 11.3 Å². The Morgan fingerprint density at radius 3 is 2.34 bits per heavy atom. The van der Waals surface area contributed by atoms with Crippen LogP contribution in [0.5, 0.6) is 0 Å². The topological polar surface area (TPSA) is 109 Å². The van der Waals surface area contributed by atoms with Gasteiger partial charge in [-0.15, -0.1) is 0 Å². The Balaban J connectivity index is 1.32. The van der Waals surface area contributed by atoms with E-state index in [-0.39, 0.29) is 11.8 Å². The Morgan fingerprint density at radius 1 is 0.868 bits per heavy atom. The third kappa shape index (κ3) is 5.55. The number of aryl methyl sites for hydroxylation is 1. The molecule has 186 valence electrons. The van der Waals surface area contributed by atoms with Crippen molar-refractivity contribution in [2.24, 2.45) is 0 Å². The first-order valence-corrected chi connectivity index (χ1v) is 11.9. The third-order valence-electron chi connectivity index (χ3n) is 5.91. The number of amides is 2. The molecule has 38 heavy (non-hydrogen) atoms. The summed E-state index contributed by atoms with van der Waals surface area (Å²) in [5.74, 6) is -0.0922. The van der Waals surface area contributed by atoms with Crippen LogP contribution in [0.3, 0.4) is 0 Å². The molecule has 2 aromatic heterocycles. The molecule has 0 aliphatic carbocycles. The summed E-state index contributed by atoms with van der Waals surface area (Å²) in [7, 11) is 0. The summed E-state index contributed by atoms with van der Waals surface area (Å²) < 4.78 is 0. The van der Waals surface area contributed by atoms with Crippen molar-refractivity contribution in [2.45, 2.75) is 6.92 Å². The lowest BCUT2D eigenvalue weighted by molar-refractivity contribution is -0.111. The second-order valence-corrected chi connectivity index (χ2v) is 8.59. The summed E-state index contributed by atoms with van der Waals surface area (Å²) in [6.07, 6.45) is 6.36. The number of carbonyl (C=O) groups excluding carboxylic acids is 2. The standard InChI is InChI=1S/C30H24N6O2/c1-3-28(37)33-24-10-8-21-16-25(11-9-20(21)15-24)34-29(38)22-7-6-19(2)27(17-22)36-30-32-14-12-26(35-30)23-5-4-13-31-18-23/h3-18H,1H2,2H3,(H,33,37)(H,34,38)(H,32,35,36). The fourth-order valence-electron chi connectivity index (χ4n) is 3.91. The minimum Gasteiger partial charge on any atom is -0.324 e. The molecule has 0 radical (unpaired) electrons. The molecule has 8 heteroatoms. The summed E-state index contributed by atoms with van der Waals surface area (Å²) in [6, 6.07) is 22.2. The molecule has 0 spiro atoms. The van der Waals surface area contributed by atoms with Crippen molar-refractivity contribution in [3.05, 3.63) is 115 Å². The van der Waals surface area contributed by atoms with Crippen molar-refractivity contribution < 1.29 is 9.59 Å². The second-order valence-electron chi connectivity index (χ2n) is 8.59. The van der Waals surface area contributed by atoms with E-state index < -0.39 is 0 Å². The van der Waals surface area contributed by atoms with Gasteiger partial charge in [0.15, 0.2) is 0 Å². The molecule has 0 fully saturated rings. The zero-order chi connectivity index (χ0) is 26.5. The van der Waals surface area contributed by atoms with Crippen LogP contribution in [0, 0.1) is 6.92 Å². The highest BCUT2D eigenvalue weighted by Gasteiger charge is 2.11. The van der Waals surface area contributed by atoms with Gasteiger partial charge in [0, 0.05) is 46.8 Å². The number of aromatic nitrogens is 3. The molecule has 0 saturated carbocycles. The van der Waals surface area contributed by atoms with Crippen molar-refractivity contribution in [1.82, 2.24) is 15.0 Å². The molecule has 3 aromatic carbocycles. The lowest BCUT2D eigenvalue weighted by atomic mass is 10.1. The minimum atomic E-state index is -0.270. The van der Waals surface area contributed by atoms with Crippen LogP contribution >= 0.6 is 0 Å². The molecule has 0 unspecified atom stereocenters. The first-order valence-electron chi connectivity index (χ1n) is 11.9. The Labute approximate surface area is 219 Å².